The Morgan fingerprint density at radius 3 is 2.67 bits per heavy atom. The molecule has 1 aliphatic rings. The van der Waals surface area contributed by atoms with Gasteiger partial charge in [-0.3, -0.25) is 4.79 Å². The molecule has 8 heteroatoms. The van der Waals surface area contributed by atoms with Gasteiger partial charge in [-0.2, -0.15) is 0 Å². The number of anilines is 1. The molecule has 2 aromatic carbocycles. The molecule has 0 saturated heterocycles. The number of rotatable bonds is 8. The van der Waals surface area contributed by atoms with Crippen LogP contribution in [0.4, 0.5) is 10.5 Å². The second-order valence-corrected chi connectivity index (χ2v) is 10.6. The van der Waals surface area contributed by atoms with Gasteiger partial charge >= 0.3 is 6.03 Å². The van der Waals surface area contributed by atoms with Crippen LogP contribution in [0.1, 0.15) is 48.7 Å². The average molecular weight is 526 g/mol. The number of hydrogen-bond donors (Lipinski definition) is 1. The largest absolute Gasteiger partial charge is 0.491 e. The molecule has 36 heavy (non-hydrogen) atoms. The van der Waals surface area contributed by atoms with E-state index in [1.54, 1.807) is 35.6 Å². The van der Waals surface area contributed by atoms with Crippen molar-refractivity contribution < 1.29 is 14.3 Å². The van der Waals surface area contributed by atoms with Gasteiger partial charge in [0.1, 0.15) is 18.9 Å². The molecule has 1 aromatic heterocycles. The first-order valence-corrected chi connectivity index (χ1v) is 13.5. The Morgan fingerprint density at radius 2 is 1.97 bits per heavy atom. The lowest BCUT2D eigenvalue weighted by atomic mass is 10.00. The SMILES string of the molecule is CCN(CC(=O)N1CCc2sccc2[C@@H]1COc1ccc(C(C)C)cc1)C(=O)Nc1cccc(Cl)c1. The van der Waals surface area contributed by atoms with Crippen LogP contribution in [-0.4, -0.2) is 48.0 Å². The van der Waals surface area contributed by atoms with Crippen molar-refractivity contribution in [3.63, 3.8) is 0 Å². The van der Waals surface area contributed by atoms with Gasteiger partial charge in [-0.25, -0.2) is 4.79 Å². The number of halogens is 1. The number of nitrogens with zero attached hydrogens (tertiary/aromatic N) is 2. The van der Waals surface area contributed by atoms with Crippen LogP contribution in [0.5, 0.6) is 5.75 Å². The van der Waals surface area contributed by atoms with E-state index in [-0.39, 0.29) is 24.5 Å². The predicted octanol–water partition coefficient (Wildman–Crippen LogP) is 6.58. The lowest BCUT2D eigenvalue weighted by Gasteiger charge is -2.37. The van der Waals surface area contributed by atoms with Crippen LogP contribution in [0.2, 0.25) is 5.02 Å². The number of hydrogen-bond acceptors (Lipinski definition) is 4. The van der Waals surface area contributed by atoms with Gasteiger partial charge in [0, 0.05) is 28.7 Å². The number of likely N-dealkylation sites (N-methyl/N-ethyl adjacent to an activating group) is 1. The van der Waals surface area contributed by atoms with E-state index < -0.39 is 0 Å². The molecule has 0 fully saturated rings. The van der Waals surface area contributed by atoms with Gasteiger partial charge in [-0.1, -0.05) is 43.6 Å². The number of benzene rings is 2. The van der Waals surface area contributed by atoms with E-state index in [4.69, 9.17) is 16.3 Å². The highest BCUT2D eigenvalue weighted by Gasteiger charge is 2.33. The fourth-order valence-electron chi connectivity index (χ4n) is 4.35. The third-order valence-electron chi connectivity index (χ3n) is 6.44. The van der Waals surface area contributed by atoms with Gasteiger partial charge in [0.15, 0.2) is 0 Å². The Morgan fingerprint density at radius 1 is 1.19 bits per heavy atom. The first-order chi connectivity index (χ1) is 17.4. The number of fused-ring (bicyclic) bond motifs is 1. The summed E-state index contributed by atoms with van der Waals surface area (Å²) in [4.78, 5) is 31.0. The van der Waals surface area contributed by atoms with E-state index in [0.29, 0.717) is 36.3 Å². The van der Waals surface area contributed by atoms with Crippen LogP contribution in [0.15, 0.2) is 60.0 Å². The maximum Gasteiger partial charge on any atom is 0.322 e. The van der Waals surface area contributed by atoms with Crippen molar-refractivity contribution >= 4 is 40.6 Å². The lowest BCUT2D eigenvalue weighted by molar-refractivity contribution is -0.135. The van der Waals surface area contributed by atoms with Crippen LogP contribution in [0.25, 0.3) is 0 Å². The zero-order chi connectivity index (χ0) is 25.7. The smallest absolute Gasteiger partial charge is 0.322 e. The third kappa shape index (κ3) is 6.20. The molecule has 0 spiro atoms. The minimum absolute atomic E-state index is 0.0119. The van der Waals surface area contributed by atoms with E-state index >= 15 is 0 Å². The van der Waals surface area contributed by atoms with E-state index in [0.717, 1.165) is 17.7 Å². The quantitative estimate of drug-likeness (QED) is 0.361. The second-order valence-electron chi connectivity index (χ2n) is 9.14. The summed E-state index contributed by atoms with van der Waals surface area (Å²) in [5, 5.41) is 5.44. The summed E-state index contributed by atoms with van der Waals surface area (Å²) in [6, 6.07) is 16.6. The van der Waals surface area contributed by atoms with Crippen molar-refractivity contribution in [3.05, 3.63) is 81.0 Å². The summed E-state index contributed by atoms with van der Waals surface area (Å²) in [5.41, 5.74) is 2.98. The molecule has 1 atom stereocenters. The van der Waals surface area contributed by atoms with Crippen molar-refractivity contribution in [2.45, 2.75) is 39.2 Å². The summed E-state index contributed by atoms with van der Waals surface area (Å²) < 4.78 is 6.16. The fourth-order valence-corrected chi connectivity index (χ4v) is 5.47. The third-order valence-corrected chi connectivity index (χ3v) is 7.67. The van der Waals surface area contributed by atoms with Crippen LogP contribution in [0.3, 0.4) is 0 Å². The zero-order valence-corrected chi connectivity index (χ0v) is 22.4. The maximum atomic E-state index is 13.5. The van der Waals surface area contributed by atoms with E-state index in [2.05, 4.69) is 42.7 Å². The summed E-state index contributed by atoms with van der Waals surface area (Å²) in [7, 11) is 0. The Labute approximate surface area is 221 Å². The van der Waals surface area contributed by atoms with Gasteiger partial charge in [0.2, 0.25) is 5.91 Å². The van der Waals surface area contributed by atoms with Crippen LogP contribution in [-0.2, 0) is 11.2 Å². The molecule has 3 aromatic rings. The first kappa shape index (κ1) is 26.0. The number of amides is 3. The topological polar surface area (TPSA) is 61.9 Å². The van der Waals surface area contributed by atoms with Gasteiger partial charge in [-0.05, 0) is 72.2 Å². The average Bonchev–Trinajstić information content (AvgIpc) is 3.35. The zero-order valence-electron chi connectivity index (χ0n) is 20.9. The predicted molar refractivity (Wildman–Crippen MR) is 146 cm³/mol. The summed E-state index contributed by atoms with van der Waals surface area (Å²) >= 11 is 7.75. The molecule has 190 valence electrons. The van der Waals surface area contributed by atoms with Gasteiger partial charge in [0.25, 0.3) is 0 Å². The Balaban J connectivity index is 1.45. The number of ether oxygens (including phenoxy) is 1. The standard InChI is InChI=1S/C28H32ClN3O3S/c1-4-31(28(34)30-22-7-5-6-21(29)16-22)17-27(33)32-14-12-26-24(13-15-36-26)25(32)18-35-23-10-8-20(9-11-23)19(2)3/h5-11,13,15-16,19,25H,4,12,14,17-18H2,1-3H3,(H,30,34)/t25-/m0/s1. The molecule has 0 bridgehead atoms. The van der Waals surface area contributed by atoms with Crippen molar-refractivity contribution in [1.82, 2.24) is 9.80 Å². The summed E-state index contributed by atoms with van der Waals surface area (Å²) in [5.74, 6) is 1.14. The number of nitrogens with one attached hydrogen (secondary N) is 1. The minimum Gasteiger partial charge on any atom is -0.491 e. The molecular formula is C28H32ClN3O3S. The van der Waals surface area contributed by atoms with Crippen molar-refractivity contribution in [3.8, 4) is 5.75 Å². The molecule has 0 unspecified atom stereocenters. The number of carbonyl (C=O) groups is 2. The molecule has 0 saturated carbocycles. The number of thiophene rings is 1. The number of urea groups is 1. The van der Waals surface area contributed by atoms with Crippen molar-refractivity contribution in [2.75, 3.05) is 31.6 Å². The van der Waals surface area contributed by atoms with Gasteiger partial charge in [0.05, 0.1) is 6.04 Å². The molecule has 2 heterocycles. The fraction of sp³-hybridized carbons (Fsp3) is 0.357. The van der Waals surface area contributed by atoms with Crippen LogP contribution >= 0.6 is 22.9 Å². The molecule has 4 rings (SSSR count). The highest BCUT2D eigenvalue weighted by molar-refractivity contribution is 7.10. The second kappa shape index (κ2) is 11.8. The Hall–Kier alpha value is -3.03. The van der Waals surface area contributed by atoms with Crippen molar-refractivity contribution in [2.24, 2.45) is 0 Å². The molecule has 0 radical (unpaired) electrons. The first-order valence-electron chi connectivity index (χ1n) is 12.3. The van der Waals surface area contributed by atoms with E-state index in [1.165, 1.54) is 15.3 Å². The Bertz CT molecular complexity index is 1190. The Kier molecular flexibility index (Phi) is 8.54. The maximum absolute atomic E-state index is 13.5. The van der Waals surface area contributed by atoms with Crippen molar-refractivity contribution in [1.29, 1.82) is 0 Å². The highest BCUT2D eigenvalue weighted by atomic mass is 35.5. The molecule has 1 aliphatic heterocycles. The molecule has 3 amide bonds. The summed E-state index contributed by atoms with van der Waals surface area (Å²) in [6.45, 7) is 7.53. The molecule has 1 N–H and O–H groups in total. The lowest BCUT2D eigenvalue weighted by Crippen LogP contribution is -2.48. The van der Waals surface area contributed by atoms with Crippen LogP contribution < -0.4 is 10.1 Å². The van der Waals surface area contributed by atoms with E-state index in [9.17, 15) is 9.59 Å². The normalized spacial score (nSPS) is 14.9. The highest BCUT2D eigenvalue weighted by Crippen LogP contribution is 2.34. The van der Waals surface area contributed by atoms with Gasteiger partial charge < -0.3 is 19.9 Å². The summed E-state index contributed by atoms with van der Waals surface area (Å²) in [6.07, 6.45) is 0.805. The van der Waals surface area contributed by atoms with Gasteiger partial charge in [-0.15, -0.1) is 11.3 Å². The molecular weight excluding hydrogens is 494 g/mol. The minimum atomic E-state index is -0.334. The van der Waals surface area contributed by atoms with E-state index in [1.807, 2.05) is 24.0 Å². The molecule has 6 nitrogen and oxygen atoms in total. The molecule has 0 aliphatic carbocycles. The van der Waals surface area contributed by atoms with Crippen LogP contribution in [0, 0.1) is 0 Å². The number of carbonyl (C=O) groups excluding carboxylic acids is 2. The monoisotopic (exact) mass is 525 g/mol.